The lowest BCUT2D eigenvalue weighted by atomic mass is 9.70. The average Bonchev–Trinajstić information content (AvgIpc) is 3.09. The summed E-state index contributed by atoms with van der Waals surface area (Å²) in [5, 5.41) is 12.7. The highest BCUT2D eigenvalue weighted by molar-refractivity contribution is 5.27. The molecule has 0 saturated heterocycles. The summed E-state index contributed by atoms with van der Waals surface area (Å²) < 4.78 is 0. The Hall–Kier alpha value is -1.33. The van der Waals surface area contributed by atoms with Crippen LogP contribution in [0.3, 0.4) is 0 Å². The van der Waals surface area contributed by atoms with Gasteiger partial charge in [0.15, 0.2) is 0 Å². The zero-order valence-electron chi connectivity index (χ0n) is 10.0. The first-order valence-corrected chi connectivity index (χ1v) is 6.53. The highest BCUT2D eigenvalue weighted by Crippen LogP contribution is 2.43. The van der Waals surface area contributed by atoms with E-state index < -0.39 is 0 Å². The van der Waals surface area contributed by atoms with Crippen LogP contribution in [0.25, 0.3) is 0 Å². The first-order valence-electron chi connectivity index (χ1n) is 6.53. The summed E-state index contributed by atoms with van der Waals surface area (Å²) in [7, 11) is 0. The van der Waals surface area contributed by atoms with E-state index in [-0.39, 0.29) is 5.41 Å². The van der Waals surface area contributed by atoms with Crippen molar-refractivity contribution >= 4 is 0 Å². The van der Waals surface area contributed by atoms with Gasteiger partial charge in [0, 0.05) is 18.5 Å². The number of nitrogens with one attached hydrogen (secondary N) is 1. The highest BCUT2D eigenvalue weighted by Gasteiger charge is 2.42. The molecule has 2 aliphatic carbocycles. The summed E-state index contributed by atoms with van der Waals surface area (Å²) >= 11 is 0. The molecule has 0 bridgehead atoms. The highest BCUT2D eigenvalue weighted by atomic mass is 15.0. The number of nitriles is 1. The van der Waals surface area contributed by atoms with Crippen LogP contribution in [0.5, 0.6) is 0 Å². The molecule has 2 nitrogen and oxygen atoms in total. The predicted octanol–water partition coefficient (Wildman–Crippen LogP) is 2.83. The molecule has 0 heterocycles. The molecule has 0 unspecified atom stereocenters. The number of hydrogen-bond donors (Lipinski definition) is 1. The van der Waals surface area contributed by atoms with E-state index in [4.69, 9.17) is 5.26 Å². The molecule has 2 aliphatic rings. The number of benzene rings is 1. The molecule has 88 valence electrons. The van der Waals surface area contributed by atoms with Gasteiger partial charge in [0.25, 0.3) is 0 Å². The van der Waals surface area contributed by atoms with Crippen molar-refractivity contribution in [3.8, 4) is 6.07 Å². The van der Waals surface area contributed by atoms with Crippen LogP contribution in [0.1, 0.15) is 37.2 Å². The Bertz CT molecular complexity index is 428. The fraction of sp³-hybridized carbons (Fsp3) is 0.533. The van der Waals surface area contributed by atoms with Gasteiger partial charge in [0.05, 0.1) is 11.5 Å². The lowest BCUT2D eigenvalue weighted by molar-refractivity contribution is 0.206. The minimum absolute atomic E-state index is 0.0379. The minimum Gasteiger partial charge on any atom is -0.312 e. The molecule has 1 aromatic rings. The number of rotatable bonds is 4. The van der Waals surface area contributed by atoms with E-state index in [1.807, 2.05) is 0 Å². The van der Waals surface area contributed by atoms with Gasteiger partial charge in [-0.1, -0.05) is 36.8 Å². The zero-order valence-corrected chi connectivity index (χ0v) is 10.0. The molecule has 17 heavy (non-hydrogen) atoms. The Kier molecular flexibility index (Phi) is 2.64. The summed E-state index contributed by atoms with van der Waals surface area (Å²) in [4.78, 5) is 0. The lowest BCUT2D eigenvalue weighted by Gasteiger charge is -2.35. The quantitative estimate of drug-likeness (QED) is 0.857. The van der Waals surface area contributed by atoms with E-state index in [2.05, 4.69) is 41.7 Å². The zero-order chi connectivity index (χ0) is 11.7. The van der Waals surface area contributed by atoms with Crippen LogP contribution in [-0.4, -0.2) is 12.6 Å². The number of hydrogen-bond acceptors (Lipinski definition) is 2. The van der Waals surface area contributed by atoms with Crippen LogP contribution in [0.4, 0.5) is 0 Å². The summed E-state index contributed by atoms with van der Waals surface area (Å²) in [5.41, 5.74) is 1.40. The molecule has 1 N–H and O–H groups in total. The van der Waals surface area contributed by atoms with E-state index in [0.29, 0.717) is 12.0 Å². The van der Waals surface area contributed by atoms with Gasteiger partial charge < -0.3 is 5.32 Å². The minimum atomic E-state index is -0.0379. The van der Waals surface area contributed by atoms with Crippen LogP contribution < -0.4 is 5.32 Å². The van der Waals surface area contributed by atoms with Gasteiger partial charge in [-0.05, 0) is 24.8 Å². The lowest BCUT2D eigenvalue weighted by Crippen LogP contribution is -2.39. The maximum absolute atomic E-state index is 9.16. The van der Waals surface area contributed by atoms with Crippen LogP contribution in [0.15, 0.2) is 30.3 Å². The topological polar surface area (TPSA) is 35.8 Å². The van der Waals surface area contributed by atoms with Gasteiger partial charge in [-0.2, -0.15) is 5.26 Å². The van der Waals surface area contributed by atoms with Crippen LogP contribution >= 0.6 is 0 Å². The molecule has 0 amide bonds. The molecule has 0 aliphatic heterocycles. The maximum atomic E-state index is 9.16. The van der Waals surface area contributed by atoms with Crippen molar-refractivity contribution in [1.29, 1.82) is 5.26 Å². The summed E-state index contributed by atoms with van der Waals surface area (Å²) in [6.45, 7) is 0.886. The van der Waals surface area contributed by atoms with E-state index >= 15 is 0 Å². The third kappa shape index (κ3) is 2.08. The molecule has 2 saturated carbocycles. The third-order valence-electron chi connectivity index (χ3n) is 4.27. The van der Waals surface area contributed by atoms with E-state index in [1.54, 1.807) is 0 Å². The largest absolute Gasteiger partial charge is 0.312 e. The standard InChI is InChI=1S/C15H18N2/c16-10-15(7-4-8-15)11-17-14-9-13(14)12-5-2-1-3-6-12/h1-3,5-6,13-14,17H,4,7-9,11H2/t13-,14+/m1/s1. The first-order chi connectivity index (χ1) is 8.33. The predicted molar refractivity (Wildman–Crippen MR) is 67.5 cm³/mol. The van der Waals surface area contributed by atoms with Crippen LogP contribution in [-0.2, 0) is 0 Å². The van der Waals surface area contributed by atoms with Crippen molar-refractivity contribution in [2.75, 3.05) is 6.54 Å². The van der Waals surface area contributed by atoms with Crippen molar-refractivity contribution in [2.45, 2.75) is 37.6 Å². The first kappa shape index (κ1) is 10.8. The van der Waals surface area contributed by atoms with Gasteiger partial charge in [0.2, 0.25) is 0 Å². The van der Waals surface area contributed by atoms with Gasteiger partial charge in [-0.15, -0.1) is 0 Å². The monoisotopic (exact) mass is 226 g/mol. The SMILES string of the molecule is N#CC1(CN[C@H]2C[C@@H]2c2ccccc2)CCC1. The fourth-order valence-electron chi connectivity index (χ4n) is 2.75. The van der Waals surface area contributed by atoms with Crippen LogP contribution in [0, 0.1) is 16.7 Å². The van der Waals surface area contributed by atoms with E-state index in [0.717, 1.165) is 19.4 Å². The maximum Gasteiger partial charge on any atom is 0.0703 e. The summed E-state index contributed by atoms with van der Waals surface area (Å²) in [5.74, 6) is 0.673. The van der Waals surface area contributed by atoms with Crippen molar-refractivity contribution in [1.82, 2.24) is 5.32 Å². The molecule has 2 heteroatoms. The van der Waals surface area contributed by atoms with E-state index in [1.165, 1.54) is 18.4 Å². The third-order valence-corrected chi connectivity index (χ3v) is 4.27. The van der Waals surface area contributed by atoms with Gasteiger partial charge in [-0.25, -0.2) is 0 Å². The molecule has 2 fully saturated rings. The van der Waals surface area contributed by atoms with Gasteiger partial charge in [-0.3, -0.25) is 0 Å². The second-order valence-electron chi connectivity index (χ2n) is 5.49. The molecule has 0 spiro atoms. The second-order valence-corrected chi connectivity index (χ2v) is 5.49. The Morgan fingerprint density at radius 1 is 1.29 bits per heavy atom. The smallest absolute Gasteiger partial charge is 0.0703 e. The molecule has 1 aromatic carbocycles. The molecular weight excluding hydrogens is 208 g/mol. The molecule has 2 atom stereocenters. The Morgan fingerprint density at radius 2 is 2.06 bits per heavy atom. The normalized spacial score (nSPS) is 29.1. The average molecular weight is 226 g/mol. The van der Waals surface area contributed by atoms with Crippen molar-refractivity contribution in [3.63, 3.8) is 0 Å². The summed E-state index contributed by atoms with van der Waals surface area (Å²) in [6, 6.07) is 13.8. The molecular formula is C15H18N2. The van der Waals surface area contributed by atoms with E-state index in [9.17, 15) is 0 Å². The number of nitrogens with zero attached hydrogens (tertiary/aromatic N) is 1. The fourth-order valence-corrected chi connectivity index (χ4v) is 2.75. The van der Waals surface area contributed by atoms with Gasteiger partial charge in [0.1, 0.15) is 0 Å². The van der Waals surface area contributed by atoms with Crippen molar-refractivity contribution in [2.24, 2.45) is 5.41 Å². The van der Waals surface area contributed by atoms with Crippen molar-refractivity contribution in [3.05, 3.63) is 35.9 Å². The molecule has 3 rings (SSSR count). The second kappa shape index (κ2) is 4.16. The Labute approximate surface area is 103 Å². The molecule has 0 radical (unpaired) electrons. The Balaban J connectivity index is 1.52. The molecule has 0 aromatic heterocycles. The van der Waals surface area contributed by atoms with Gasteiger partial charge >= 0.3 is 0 Å². The summed E-state index contributed by atoms with van der Waals surface area (Å²) in [6.07, 6.45) is 4.62. The van der Waals surface area contributed by atoms with Crippen LogP contribution in [0.2, 0.25) is 0 Å². The Morgan fingerprint density at radius 3 is 2.65 bits per heavy atom. The van der Waals surface area contributed by atoms with Crippen molar-refractivity contribution < 1.29 is 0 Å².